The van der Waals surface area contributed by atoms with Crippen molar-refractivity contribution in [3.05, 3.63) is 24.3 Å². The van der Waals surface area contributed by atoms with Gasteiger partial charge in [-0.3, -0.25) is 9.59 Å². The van der Waals surface area contributed by atoms with Crippen LogP contribution in [0.15, 0.2) is 24.3 Å². The molecular formula is C17H28N4O2. The lowest BCUT2D eigenvalue weighted by molar-refractivity contribution is -0.126. The molecule has 0 radical (unpaired) electrons. The van der Waals surface area contributed by atoms with Crippen molar-refractivity contribution in [2.24, 2.45) is 0 Å². The number of carbonyl (C=O) groups is 2. The lowest BCUT2D eigenvalue weighted by Crippen LogP contribution is -2.33. The van der Waals surface area contributed by atoms with Crippen molar-refractivity contribution in [1.82, 2.24) is 10.2 Å². The summed E-state index contributed by atoms with van der Waals surface area (Å²) in [4.78, 5) is 27.7. The summed E-state index contributed by atoms with van der Waals surface area (Å²) in [6, 6.07) is 7.66. The molecule has 1 rings (SSSR count). The van der Waals surface area contributed by atoms with Gasteiger partial charge in [-0.15, -0.1) is 0 Å². The summed E-state index contributed by atoms with van der Waals surface area (Å²) in [7, 11) is 3.86. The molecule has 1 aromatic rings. The zero-order valence-electron chi connectivity index (χ0n) is 14.6. The number of benzene rings is 1. The summed E-state index contributed by atoms with van der Waals surface area (Å²) in [5.41, 5.74) is 1.82. The Bertz CT molecular complexity index is 496. The van der Waals surface area contributed by atoms with Crippen LogP contribution in [0.1, 0.15) is 20.3 Å². The highest BCUT2D eigenvalue weighted by Crippen LogP contribution is 2.17. The molecule has 0 saturated carbocycles. The maximum absolute atomic E-state index is 11.9. The summed E-state index contributed by atoms with van der Waals surface area (Å²) in [5.74, 6) is -0.563. The maximum atomic E-state index is 11.9. The molecule has 128 valence electrons. The second-order valence-corrected chi connectivity index (χ2v) is 5.60. The summed E-state index contributed by atoms with van der Waals surface area (Å²) in [6.07, 6.45) is -0.161. The van der Waals surface area contributed by atoms with Crippen LogP contribution in [0.4, 0.5) is 11.4 Å². The van der Waals surface area contributed by atoms with Crippen LogP contribution in [0, 0.1) is 0 Å². The summed E-state index contributed by atoms with van der Waals surface area (Å²) in [5, 5.41) is 5.47. The summed E-state index contributed by atoms with van der Waals surface area (Å²) < 4.78 is 0. The molecule has 0 heterocycles. The van der Waals surface area contributed by atoms with Gasteiger partial charge in [-0.2, -0.15) is 0 Å². The lowest BCUT2D eigenvalue weighted by atomic mass is 10.2. The van der Waals surface area contributed by atoms with E-state index in [0.29, 0.717) is 12.2 Å². The normalized spacial score (nSPS) is 10.5. The fourth-order valence-corrected chi connectivity index (χ4v) is 2.18. The third kappa shape index (κ3) is 7.15. The van der Waals surface area contributed by atoms with E-state index in [1.807, 2.05) is 43.3 Å². The number of hydrogen-bond acceptors (Lipinski definition) is 4. The molecule has 0 aliphatic heterocycles. The smallest absolute Gasteiger partial charge is 0.233 e. The minimum absolute atomic E-state index is 0.161. The van der Waals surface area contributed by atoms with Crippen LogP contribution in [-0.4, -0.2) is 57.0 Å². The third-order valence-electron chi connectivity index (χ3n) is 3.48. The molecule has 0 atom stereocenters. The van der Waals surface area contributed by atoms with Gasteiger partial charge in [0.2, 0.25) is 11.8 Å². The van der Waals surface area contributed by atoms with Crippen LogP contribution < -0.4 is 15.5 Å². The van der Waals surface area contributed by atoms with Gasteiger partial charge in [0, 0.05) is 37.6 Å². The highest BCUT2D eigenvalue weighted by Gasteiger charge is 2.09. The number of hydrogen-bond donors (Lipinski definition) is 2. The van der Waals surface area contributed by atoms with Gasteiger partial charge in [-0.25, -0.2) is 0 Å². The zero-order chi connectivity index (χ0) is 17.2. The first-order valence-corrected chi connectivity index (χ1v) is 8.02. The van der Waals surface area contributed by atoms with Crippen molar-refractivity contribution in [2.75, 3.05) is 50.5 Å². The third-order valence-corrected chi connectivity index (χ3v) is 3.48. The van der Waals surface area contributed by atoms with E-state index in [1.165, 1.54) is 0 Å². The van der Waals surface area contributed by atoms with Gasteiger partial charge in [-0.05, 0) is 52.2 Å². The Balaban J connectivity index is 2.43. The van der Waals surface area contributed by atoms with Gasteiger partial charge in [0.15, 0.2) is 0 Å². The van der Waals surface area contributed by atoms with E-state index >= 15 is 0 Å². The summed E-state index contributed by atoms with van der Waals surface area (Å²) >= 11 is 0. The van der Waals surface area contributed by atoms with Crippen LogP contribution in [0.5, 0.6) is 0 Å². The number of nitrogens with one attached hydrogen (secondary N) is 2. The number of carbonyl (C=O) groups excluding carboxylic acids is 2. The Morgan fingerprint density at radius 3 is 2.13 bits per heavy atom. The van der Waals surface area contributed by atoms with Gasteiger partial charge in [-0.1, -0.05) is 0 Å². The van der Waals surface area contributed by atoms with E-state index < -0.39 is 0 Å². The lowest BCUT2D eigenvalue weighted by Gasteiger charge is -2.21. The number of likely N-dealkylation sites (N-methyl/N-ethyl adjacent to an activating group) is 1. The topological polar surface area (TPSA) is 64.7 Å². The van der Waals surface area contributed by atoms with Crippen molar-refractivity contribution in [3.8, 4) is 0 Å². The first kappa shape index (κ1) is 19.0. The Kier molecular flexibility index (Phi) is 8.11. The fraction of sp³-hybridized carbons (Fsp3) is 0.529. The number of rotatable bonds is 9. The average molecular weight is 320 g/mol. The van der Waals surface area contributed by atoms with Crippen molar-refractivity contribution in [2.45, 2.75) is 20.3 Å². The van der Waals surface area contributed by atoms with E-state index in [1.54, 1.807) is 0 Å². The van der Waals surface area contributed by atoms with Gasteiger partial charge in [0.25, 0.3) is 0 Å². The SMILES string of the molecule is CCN(CC)c1ccc(NC(=O)CC(=O)NCCN(C)C)cc1. The van der Waals surface area contributed by atoms with E-state index in [-0.39, 0.29) is 18.2 Å². The molecule has 0 aliphatic carbocycles. The second kappa shape index (κ2) is 9.84. The van der Waals surface area contributed by atoms with Crippen molar-refractivity contribution < 1.29 is 9.59 Å². The van der Waals surface area contributed by atoms with E-state index in [0.717, 1.165) is 25.3 Å². The standard InChI is InChI=1S/C17H28N4O2/c1-5-21(6-2)15-9-7-14(8-10-15)19-17(23)13-16(22)18-11-12-20(3)4/h7-10H,5-6,11-13H2,1-4H3,(H,18,22)(H,19,23). The van der Waals surface area contributed by atoms with Crippen LogP contribution in [0.2, 0.25) is 0 Å². The first-order valence-electron chi connectivity index (χ1n) is 8.02. The maximum Gasteiger partial charge on any atom is 0.233 e. The molecule has 0 aliphatic rings. The molecule has 23 heavy (non-hydrogen) atoms. The van der Waals surface area contributed by atoms with Crippen molar-refractivity contribution in [3.63, 3.8) is 0 Å². The molecule has 0 spiro atoms. The predicted octanol–water partition coefficient (Wildman–Crippen LogP) is 1.54. The minimum Gasteiger partial charge on any atom is -0.372 e. The second-order valence-electron chi connectivity index (χ2n) is 5.60. The molecule has 6 nitrogen and oxygen atoms in total. The molecule has 0 unspecified atom stereocenters. The Labute approximate surface area is 138 Å². The zero-order valence-corrected chi connectivity index (χ0v) is 14.6. The van der Waals surface area contributed by atoms with E-state index in [2.05, 4.69) is 29.4 Å². The number of amides is 2. The Morgan fingerprint density at radius 2 is 1.61 bits per heavy atom. The van der Waals surface area contributed by atoms with Gasteiger partial charge < -0.3 is 20.4 Å². The predicted molar refractivity (Wildman–Crippen MR) is 94.8 cm³/mol. The van der Waals surface area contributed by atoms with Gasteiger partial charge in [0.05, 0.1) is 0 Å². The molecule has 6 heteroatoms. The monoisotopic (exact) mass is 320 g/mol. The molecule has 2 amide bonds. The number of nitrogens with zero attached hydrogens (tertiary/aromatic N) is 2. The summed E-state index contributed by atoms with van der Waals surface area (Å²) in [6.45, 7) is 7.38. The Morgan fingerprint density at radius 1 is 1.00 bits per heavy atom. The first-order chi connectivity index (χ1) is 11.0. The van der Waals surface area contributed by atoms with Gasteiger partial charge in [0.1, 0.15) is 6.42 Å². The molecule has 0 bridgehead atoms. The molecule has 1 aromatic carbocycles. The molecule has 2 N–H and O–H groups in total. The average Bonchev–Trinajstić information content (AvgIpc) is 2.49. The van der Waals surface area contributed by atoms with Crippen LogP contribution in [0.3, 0.4) is 0 Å². The minimum atomic E-state index is -0.303. The highest BCUT2D eigenvalue weighted by atomic mass is 16.2. The molecule has 0 saturated heterocycles. The van der Waals surface area contributed by atoms with Crippen LogP contribution in [0.25, 0.3) is 0 Å². The molecule has 0 aromatic heterocycles. The highest BCUT2D eigenvalue weighted by molar-refractivity contribution is 6.03. The molecular weight excluding hydrogens is 292 g/mol. The van der Waals surface area contributed by atoms with E-state index in [4.69, 9.17) is 0 Å². The van der Waals surface area contributed by atoms with Crippen molar-refractivity contribution >= 4 is 23.2 Å². The quantitative estimate of drug-likeness (QED) is 0.678. The van der Waals surface area contributed by atoms with E-state index in [9.17, 15) is 9.59 Å². The van der Waals surface area contributed by atoms with Crippen molar-refractivity contribution in [1.29, 1.82) is 0 Å². The van der Waals surface area contributed by atoms with Gasteiger partial charge >= 0.3 is 0 Å². The molecule has 0 fully saturated rings. The van der Waals surface area contributed by atoms with Crippen LogP contribution in [-0.2, 0) is 9.59 Å². The van der Waals surface area contributed by atoms with Crippen LogP contribution >= 0.6 is 0 Å². The largest absolute Gasteiger partial charge is 0.372 e. The fourth-order valence-electron chi connectivity index (χ4n) is 2.18. The Hall–Kier alpha value is -2.08. The number of anilines is 2.